The summed E-state index contributed by atoms with van der Waals surface area (Å²) in [7, 11) is -1.81. The third-order valence-corrected chi connectivity index (χ3v) is 9.98. The normalized spacial score (nSPS) is 25.2. The van der Waals surface area contributed by atoms with Crippen LogP contribution in [0.2, 0.25) is 18.6 Å². The number of esters is 1. The van der Waals surface area contributed by atoms with Gasteiger partial charge in [0.15, 0.2) is 8.32 Å². The summed E-state index contributed by atoms with van der Waals surface area (Å²) in [4.78, 5) is 12.3. The Kier molecular flexibility index (Phi) is 5.73. The van der Waals surface area contributed by atoms with Gasteiger partial charge in [-0.25, -0.2) is 0 Å². The largest absolute Gasteiger partial charge is 0.488 e. The Morgan fingerprint density at radius 2 is 1.96 bits per heavy atom. The molecule has 27 heavy (non-hydrogen) atoms. The number of carbonyl (C=O) groups excluding carboxylic acids is 1. The third-order valence-electron chi connectivity index (χ3n) is 6.35. The van der Waals surface area contributed by atoms with Gasteiger partial charge in [-0.05, 0) is 50.5 Å². The molecular weight excluding hydrogens is 356 g/mol. The fourth-order valence-corrected chi connectivity index (χ4v) is 6.68. The number of fused-ring (bicyclic) bond motifs is 3. The highest BCUT2D eigenvalue weighted by atomic mass is 28.4. The van der Waals surface area contributed by atoms with E-state index in [-0.39, 0.29) is 30.0 Å². The zero-order chi connectivity index (χ0) is 19.9. The molecule has 0 amide bonds. The van der Waals surface area contributed by atoms with Crippen molar-refractivity contribution in [3.63, 3.8) is 0 Å². The maximum Gasteiger partial charge on any atom is 0.313 e. The summed E-state index contributed by atoms with van der Waals surface area (Å²) in [5, 5.41) is 0. The van der Waals surface area contributed by atoms with Gasteiger partial charge in [0.05, 0.1) is 12.7 Å². The van der Waals surface area contributed by atoms with E-state index in [1.54, 1.807) is 0 Å². The minimum atomic E-state index is -1.81. The Morgan fingerprint density at radius 3 is 2.59 bits per heavy atom. The smallest absolute Gasteiger partial charge is 0.313 e. The number of hydrogen-bond acceptors (Lipinski definition) is 4. The van der Waals surface area contributed by atoms with Crippen LogP contribution in [-0.4, -0.2) is 27.0 Å². The quantitative estimate of drug-likeness (QED) is 0.434. The lowest BCUT2D eigenvalue weighted by Crippen LogP contribution is -2.36. The number of hydrogen-bond donors (Lipinski definition) is 0. The highest BCUT2D eigenvalue weighted by molar-refractivity contribution is 6.72. The van der Waals surface area contributed by atoms with Crippen molar-refractivity contribution >= 4 is 14.3 Å². The number of rotatable bonds is 8. The molecule has 0 saturated heterocycles. The molecule has 5 heteroatoms. The van der Waals surface area contributed by atoms with Gasteiger partial charge in [0.1, 0.15) is 17.8 Å². The Labute approximate surface area is 164 Å². The van der Waals surface area contributed by atoms with E-state index < -0.39 is 8.32 Å². The van der Waals surface area contributed by atoms with Gasteiger partial charge in [-0.1, -0.05) is 38.8 Å². The SMILES string of the molecule is CCCC(C)[Si](C)(C)OC(C)c1ccc(C)c2c1C1C(O2)C1C(=O)OCC. The maximum atomic E-state index is 12.3. The van der Waals surface area contributed by atoms with Gasteiger partial charge < -0.3 is 13.9 Å². The van der Waals surface area contributed by atoms with Crippen molar-refractivity contribution in [2.75, 3.05) is 6.61 Å². The van der Waals surface area contributed by atoms with Gasteiger partial charge in [0.25, 0.3) is 0 Å². The van der Waals surface area contributed by atoms with E-state index in [1.165, 1.54) is 24.0 Å². The summed E-state index contributed by atoms with van der Waals surface area (Å²) < 4.78 is 18.1. The molecule has 1 fully saturated rings. The van der Waals surface area contributed by atoms with Crippen LogP contribution in [0.25, 0.3) is 0 Å². The van der Waals surface area contributed by atoms with E-state index in [1.807, 2.05) is 6.92 Å². The standard InChI is InChI=1S/C22H34O4Si/c1-8-10-14(4)27(6,7)26-15(5)16-12-11-13(3)20-17(16)18-19(21(18)25-20)22(23)24-9-2/h11-12,14-15,18-19,21H,8-10H2,1-7H3. The van der Waals surface area contributed by atoms with Gasteiger partial charge >= 0.3 is 5.97 Å². The van der Waals surface area contributed by atoms with Crippen molar-refractivity contribution in [2.24, 2.45) is 5.92 Å². The summed E-state index contributed by atoms with van der Waals surface area (Å²) in [5.41, 5.74) is 4.10. The molecule has 0 spiro atoms. The number of aryl methyl sites for hydroxylation is 1. The molecule has 1 heterocycles. The zero-order valence-electron chi connectivity index (χ0n) is 17.8. The molecule has 5 unspecified atom stereocenters. The first-order valence-electron chi connectivity index (χ1n) is 10.4. The highest BCUT2D eigenvalue weighted by Gasteiger charge is 2.64. The molecule has 150 valence electrons. The summed E-state index contributed by atoms with van der Waals surface area (Å²) in [6.45, 7) is 15.7. The molecule has 0 radical (unpaired) electrons. The molecule has 3 rings (SSSR count). The van der Waals surface area contributed by atoms with Gasteiger partial charge in [-0.15, -0.1) is 0 Å². The molecule has 0 N–H and O–H groups in total. The summed E-state index contributed by atoms with van der Waals surface area (Å²) in [6.07, 6.45) is 2.34. The van der Waals surface area contributed by atoms with E-state index in [0.717, 1.165) is 11.3 Å². The summed E-state index contributed by atoms with van der Waals surface area (Å²) >= 11 is 0. The Bertz CT molecular complexity index is 715. The van der Waals surface area contributed by atoms with Crippen molar-refractivity contribution in [2.45, 2.75) is 84.2 Å². The maximum absolute atomic E-state index is 12.3. The van der Waals surface area contributed by atoms with Crippen LogP contribution < -0.4 is 4.74 Å². The molecule has 2 aliphatic rings. The monoisotopic (exact) mass is 390 g/mol. The molecule has 4 nitrogen and oxygen atoms in total. The van der Waals surface area contributed by atoms with Crippen LogP contribution in [0.1, 0.15) is 69.2 Å². The lowest BCUT2D eigenvalue weighted by molar-refractivity contribution is -0.145. The minimum Gasteiger partial charge on any atom is -0.488 e. The van der Waals surface area contributed by atoms with Gasteiger partial charge in [0.2, 0.25) is 0 Å². The molecular formula is C22H34O4Si. The highest BCUT2D eigenvalue weighted by Crippen LogP contribution is 2.61. The fourth-order valence-electron chi connectivity index (χ4n) is 4.42. The third kappa shape index (κ3) is 3.68. The van der Waals surface area contributed by atoms with Crippen LogP contribution in [0.4, 0.5) is 0 Å². The second-order valence-corrected chi connectivity index (χ2v) is 13.1. The van der Waals surface area contributed by atoms with E-state index in [9.17, 15) is 4.79 Å². The lowest BCUT2D eigenvalue weighted by atomic mass is 9.95. The summed E-state index contributed by atoms with van der Waals surface area (Å²) in [5.74, 6) is 0.789. The lowest BCUT2D eigenvalue weighted by Gasteiger charge is -2.33. The molecule has 1 aromatic rings. The fraction of sp³-hybridized carbons (Fsp3) is 0.682. The number of benzene rings is 1. The minimum absolute atomic E-state index is 0.00567. The van der Waals surface area contributed by atoms with Crippen molar-refractivity contribution in [3.05, 3.63) is 28.8 Å². The van der Waals surface area contributed by atoms with Crippen LogP contribution >= 0.6 is 0 Å². The van der Waals surface area contributed by atoms with Crippen molar-refractivity contribution in [3.8, 4) is 5.75 Å². The van der Waals surface area contributed by atoms with Crippen LogP contribution in [0.5, 0.6) is 5.75 Å². The van der Waals surface area contributed by atoms with E-state index in [4.69, 9.17) is 13.9 Å². The number of ether oxygens (including phenoxy) is 2. The Hall–Kier alpha value is -1.33. The van der Waals surface area contributed by atoms with Gasteiger partial charge in [-0.3, -0.25) is 4.79 Å². The molecule has 1 aliphatic heterocycles. The van der Waals surface area contributed by atoms with Crippen LogP contribution in [0, 0.1) is 12.8 Å². The van der Waals surface area contributed by atoms with E-state index in [2.05, 4.69) is 52.9 Å². The first-order valence-corrected chi connectivity index (χ1v) is 13.4. The summed E-state index contributed by atoms with van der Waals surface area (Å²) in [6, 6.07) is 4.28. The second-order valence-electron chi connectivity index (χ2n) is 8.65. The molecule has 1 aliphatic carbocycles. The van der Waals surface area contributed by atoms with Gasteiger partial charge in [-0.2, -0.15) is 0 Å². The predicted molar refractivity (Wildman–Crippen MR) is 110 cm³/mol. The zero-order valence-corrected chi connectivity index (χ0v) is 18.8. The van der Waals surface area contributed by atoms with Crippen LogP contribution in [-0.2, 0) is 14.0 Å². The van der Waals surface area contributed by atoms with Crippen LogP contribution in [0.15, 0.2) is 12.1 Å². The van der Waals surface area contributed by atoms with Crippen molar-refractivity contribution < 1.29 is 18.7 Å². The first-order chi connectivity index (χ1) is 12.7. The average molecular weight is 391 g/mol. The van der Waals surface area contributed by atoms with E-state index in [0.29, 0.717) is 12.1 Å². The Morgan fingerprint density at radius 1 is 1.26 bits per heavy atom. The molecule has 1 aromatic carbocycles. The molecule has 1 saturated carbocycles. The van der Waals surface area contributed by atoms with Crippen molar-refractivity contribution in [1.82, 2.24) is 0 Å². The predicted octanol–water partition coefficient (Wildman–Crippen LogP) is 5.51. The topological polar surface area (TPSA) is 44.8 Å². The van der Waals surface area contributed by atoms with E-state index >= 15 is 0 Å². The molecule has 0 bridgehead atoms. The molecule has 5 atom stereocenters. The first kappa shape index (κ1) is 20.4. The molecule has 0 aromatic heterocycles. The second kappa shape index (κ2) is 7.59. The average Bonchev–Trinajstić information content (AvgIpc) is 3.17. The number of carbonyl (C=O) groups is 1. The Balaban J connectivity index is 1.84. The van der Waals surface area contributed by atoms with Crippen molar-refractivity contribution in [1.29, 1.82) is 0 Å². The van der Waals surface area contributed by atoms with Gasteiger partial charge in [0, 0.05) is 11.5 Å². The van der Waals surface area contributed by atoms with Crippen LogP contribution in [0.3, 0.4) is 0 Å².